The molecule has 0 atom stereocenters. The molecular weight excluding hydrogens is 210 g/mol. The van der Waals surface area contributed by atoms with Gasteiger partial charge in [-0.05, 0) is 39.0 Å². The molecule has 3 heteroatoms. The van der Waals surface area contributed by atoms with Gasteiger partial charge >= 0.3 is 0 Å². The minimum absolute atomic E-state index is 0.747. The van der Waals surface area contributed by atoms with Crippen LogP contribution in [0.2, 0.25) is 0 Å². The molecule has 94 valence electrons. The minimum Gasteiger partial charge on any atom is -0.370 e. The maximum Gasteiger partial charge on any atom is 0.127 e. The summed E-state index contributed by atoms with van der Waals surface area (Å²) in [4.78, 5) is 0. The highest BCUT2D eigenvalue weighted by molar-refractivity contribution is 5.50. The molecule has 0 radical (unpaired) electrons. The molecule has 0 saturated heterocycles. The maximum absolute atomic E-state index is 4.89. The summed E-state index contributed by atoms with van der Waals surface area (Å²) in [5.41, 5.74) is 2.96. The predicted octanol–water partition coefficient (Wildman–Crippen LogP) is 3.31. The van der Waals surface area contributed by atoms with Crippen molar-refractivity contribution in [1.29, 1.82) is 0 Å². The van der Waals surface area contributed by atoms with E-state index in [0.29, 0.717) is 0 Å². The average Bonchev–Trinajstić information content (AvgIpc) is 2.91. The van der Waals surface area contributed by atoms with Gasteiger partial charge in [-0.15, -0.1) is 0 Å². The first kappa shape index (κ1) is 11.1. The fraction of sp³-hybridized carbons (Fsp3) is 0.786. The Kier molecular flexibility index (Phi) is 3.08. The molecule has 1 aromatic heterocycles. The summed E-state index contributed by atoms with van der Waals surface area (Å²) >= 11 is 0. The molecule has 1 N–H and O–H groups in total. The quantitative estimate of drug-likeness (QED) is 0.849. The van der Waals surface area contributed by atoms with Crippen LogP contribution in [-0.2, 0) is 13.0 Å². The molecule has 1 aliphatic heterocycles. The van der Waals surface area contributed by atoms with Crippen LogP contribution >= 0.6 is 0 Å². The molecule has 0 unspecified atom stereocenters. The number of rotatable bonds is 2. The van der Waals surface area contributed by atoms with Crippen molar-refractivity contribution in [2.75, 3.05) is 11.9 Å². The Hall–Kier alpha value is -0.990. The van der Waals surface area contributed by atoms with Gasteiger partial charge in [0, 0.05) is 24.6 Å². The van der Waals surface area contributed by atoms with Crippen LogP contribution in [0.25, 0.3) is 0 Å². The summed E-state index contributed by atoms with van der Waals surface area (Å²) in [6.45, 7) is 4.29. The van der Waals surface area contributed by atoms with Crippen LogP contribution in [0.3, 0.4) is 0 Å². The van der Waals surface area contributed by atoms with Crippen molar-refractivity contribution >= 4 is 5.82 Å². The molecule has 0 aromatic carbocycles. The van der Waals surface area contributed by atoms with Gasteiger partial charge in [-0.1, -0.05) is 12.8 Å². The fourth-order valence-corrected chi connectivity index (χ4v) is 3.35. The van der Waals surface area contributed by atoms with Crippen molar-refractivity contribution < 1.29 is 0 Å². The Balaban J connectivity index is 1.99. The van der Waals surface area contributed by atoms with Gasteiger partial charge in [0.25, 0.3) is 0 Å². The van der Waals surface area contributed by atoms with Crippen LogP contribution in [0.1, 0.15) is 62.6 Å². The molecule has 1 fully saturated rings. The molecule has 0 bridgehead atoms. The molecule has 1 aromatic rings. The maximum atomic E-state index is 4.89. The van der Waals surface area contributed by atoms with Crippen molar-refractivity contribution in [2.24, 2.45) is 0 Å². The summed E-state index contributed by atoms with van der Waals surface area (Å²) in [6, 6.07) is 0. The van der Waals surface area contributed by atoms with Crippen LogP contribution < -0.4 is 5.32 Å². The summed E-state index contributed by atoms with van der Waals surface area (Å²) in [7, 11) is 0. The molecular formula is C14H23N3. The van der Waals surface area contributed by atoms with E-state index in [1.165, 1.54) is 62.0 Å². The zero-order chi connectivity index (χ0) is 11.7. The first-order valence-electron chi connectivity index (χ1n) is 7.23. The second-order valence-electron chi connectivity index (χ2n) is 5.39. The molecule has 2 aliphatic rings. The number of hydrogen-bond donors (Lipinski definition) is 1. The van der Waals surface area contributed by atoms with Crippen molar-refractivity contribution in [3.05, 3.63) is 11.3 Å². The monoisotopic (exact) mass is 233 g/mol. The van der Waals surface area contributed by atoms with Gasteiger partial charge in [-0.3, -0.25) is 0 Å². The number of nitrogens with zero attached hydrogens (tertiary/aromatic N) is 2. The topological polar surface area (TPSA) is 29.9 Å². The molecule has 17 heavy (non-hydrogen) atoms. The van der Waals surface area contributed by atoms with E-state index in [-0.39, 0.29) is 0 Å². The number of aromatic nitrogens is 2. The summed E-state index contributed by atoms with van der Waals surface area (Å²) in [6.07, 6.45) is 9.34. The molecule has 1 aliphatic carbocycles. The second-order valence-corrected chi connectivity index (χ2v) is 5.39. The van der Waals surface area contributed by atoms with E-state index in [1.54, 1.807) is 0 Å². The summed E-state index contributed by atoms with van der Waals surface area (Å²) < 4.78 is 2.19. The smallest absolute Gasteiger partial charge is 0.127 e. The minimum atomic E-state index is 0.747. The van der Waals surface area contributed by atoms with Gasteiger partial charge in [-0.25, -0.2) is 4.68 Å². The highest BCUT2D eigenvalue weighted by Crippen LogP contribution is 2.38. The van der Waals surface area contributed by atoms with E-state index < -0.39 is 0 Å². The lowest BCUT2D eigenvalue weighted by Crippen LogP contribution is -2.07. The lowest BCUT2D eigenvalue weighted by molar-refractivity contribution is 0.612. The zero-order valence-electron chi connectivity index (χ0n) is 10.8. The third-order valence-corrected chi connectivity index (χ3v) is 4.27. The van der Waals surface area contributed by atoms with E-state index in [0.717, 1.165) is 19.0 Å². The van der Waals surface area contributed by atoms with E-state index >= 15 is 0 Å². The molecule has 1 saturated carbocycles. The molecule has 0 amide bonds. The highest BCUT2D eigenvalue weighted by atomic mass is 15.3. The normalized spacial score (nSPS) is 21.0. The lowest BCUT2D eigenvalue weighted by atomic mass is 9.97. The number of fused-ring (bicyclic) bond motifs is 1. The van der Waals surface area contributed by atoms with Crippen LogP contribution in [0.15, 0.2) is 0 Å². The molecule has 3 nitrogen and oxygen atoms in total. The molecule has 3 rings (SSSR count). The van der Waals surface area contributed by atoms with Gasteiger partial charge in [0.1, 0.15) is 5.82 Å². The molecule has 2 heterocycles. The number of hydrogen-bond acceptors (Lipinski definition) is 2. The van der Waals surface area contributed by atoms with Crippen molar-refractivity contribution in [2.45, 2.75) is 64.3 Å². The Morgan fingerprint density at radius 2 is 2.06 bits per heavy atom. The number of anilines is 1. The van der Waals surface area contributed by atoms with E-state index in [1.807, 2.05) is 0 Å². The largest absolute Gasteiger partial charge is 0.370 e. The van der Waals surface area contributed by atoms with E-state index in [9.17, 15) is 0 Å². The van der Waals surface area contributed by atoms with Crippen molar-refractivity contribution in [3.63, 3.8) is 0 Å². The van der Waals surface area contributed by atoms with Crippen LogP contribution in [0.5, 0.6) is 0 Å². The van der Waals surface area contributed by atoms with Gasteiger partial charge in [-0.2, -0.15) is 5.10 Å². The van der Waals surface area contributed by atoms with Gasteiger partial charge in [0.15, 0.2) is 0 Å². The number of nitrogens with one attached hydrogen (secondary N) is 1. The fourth-order valence-electron chi connectivity index (χ4n) is 3.35. The molecule has 0 spiro atoms. The van der Waals surface area contributed by atoms with E-state index in [4.69, 9.17) is 5.10 Å². The predicted molar refractivity (Wildman–Crippen MR) is 70.5 cm³/mol. The standard InChI is InChI=1S/C14H23N3/c1-2-17-14-12(9-5-6-10-15-14)13(16-17)11-7-3-4-8-11/h11,15H,2-10H2,1H3. The Morgan fingerprint density at radius 3 is 2.82 bits per heavy atom. The second kappa shape index (κ2) is 4.71. The summed E-state index contributed by atoms with van der Waals surface area (Å²) in [5.74, 6) is 2.07. The highest BCUT2D eigenvalue weighted by Gasteiger charge is 2.26. The Morgan fingerprint density at radius 1 is 1.24 bits per heavy atom. The third-order valence-electron chi connectivity index (χ3n) is 4.27. The number of aryl methyl sites for hydroxylation is 1. The lowest BCUT2D eigenvalue weighted by Gasteiger charge is -2.08. The Labute approximate surface area is 104 Å². The van der Waals surface area contributed by atoms with Crippen molar-refractivity contribution in [3.8, 4) is 0 Å². The van der Waals surface area contributed by atoms with Crippen LogP contribution in [0.4, 0.5) is 5.82 Å². The third kappa shape index (κ3) is 1.96. The first-order chi connectivity index (χ1) is 8.40. The van der Waals surface area contributed by atoms with Gasteiger partial charge in [0.2, 0.25) is 0 Å². The first-order valence-corrected chi connectivity index (χ1v) is 7.23. The average molecular weight is 233 g/mol. The SMILES string of the molecule is CCn1nc(C2CCCC2)c2c1NCCCC2. The van der Waals surface area contributed by atoms with Crippen LogP contribution in [0, 0.1) is 0 Å². The van der Waals surface area contributed by atoms with Gasteiger partial charge < -0.3 is 5.32 Å². The van der Waals surface area contributed by atoms with E-state index in [2.05, 4.69) is 16.9 Å². The summed E-state index contributed by atoms with van der Waals surface area (Å²) in [5, 5.41) is 8.48. The Bertz CT molecular complexity index is 388. The zero-order valence-corrected chi connectivity index (χ0v) is 10.8. The van der Waals surface area contributed by atoms with Crippen molar-refractivity contribution in [1.82, 2.24) is 9.78 Å². The van der Waals surface area contributed by atoms with Crippen LogP contribution in [-0.4, -0.2) is 16.3 Å². The van der Waals surface area contributed by atoms with Gasteiger partial charge in [0.05, 0.1) is 5.69 Å².